The van der Waals surface area contributed by atoms with E-state index in [1.54, 1.807) is 11.8 Å². The van der Waals surface area contributed by atoms with Crippen LogP contribution < -0.4 is 5.73 Å². The lowest BCUT2D eigenvalue weighted by Gasteiger charge is -2.25. The molecule has 1 aromatic carbocycles. The third-order valence-corrected chi connectivity index (χ3v) is 4.38. The molecule has 1 aliphatic carbocycles. The molecule has 1 aromatic rings. The highest BCUT2D eigenvalue weighted by Crippen LogP contribution is 2.29. The fourth-order valence-corrected chi connectivity index (χ4v) is 2.76. The summed E-state index contributed by atoms with van der Waals surface area (Å²) in [6, 6.07) is 7.66. The highest BCUT2D eigenvalue weighted by atomic mass is 35.5. The molecule has 20 heavy (non-hydrogen) atoms. The van der Waals surface area contributed by atoms with Gasteiger partial charge in [0.2, 0.25) is 5.91 Å². The number of rotatable bonds is 7. The van der Waals surface area contributed by atoms with Crippen molar-refractivity contribution < 1.29 is 4.79 Å². The molecule has 0 unspecified atom stereocenters. The van der Waals surface area contributed by atoms with Crippen molar-refractivity contribution in [3.63, 3.8) is 0 Å². The predicted molar refractivity (Wildman–Crippen MR) is 86.0 cm³/mol. The van der Waals surface area contributed by atoms with Gasteiger partial charge >= 0.3 is 0 Å². The summed E-state index contributed by atoms with van der Waals surface area (Å²) in [5.74, 6) is 1.00. The molecule has 1 atom stereocenters. The van der Waals surface area contributed by atoms with Crippen molar-refractivity contribution in [2.45, 2.75) is 37.9 Å². The van der Waals surface area contributed by atoms with Crippen molar-refractivity contribution in [1.29, 1.82) is 0 Å². The summed E-state index contributed by atoms with van der Waals surface area (Å²) >= 11 is 7.61. The average molecular weight is 313 g/mol. The zero-order chi connectivity index (χ0) is 14.5. The molecule has 0 saturated heterocycles. The molecule has 2 rings (SSSR count). The molecule has 0 aromatic heterocycles. The van der Waals surface area contributed by atoms with E-state index in [1.165, 1.54) is 0 Å². The van der Waals surface area contributed by atoms with Crippen LogP contribution in [0.15, 0.2) is 24.3 Å². The van der Waals surface area contributed by atoms with Gasteiger partial charge in [0.15, 0.2) is 0 Å². The van der Waals surface area contributed by atoms with E-state index in [-0.39, 0.29) is 11.9 Å². The van der Waals surface area contributed by atoms with E-state index in [0.29, 0.717) is 12.6 Å². The quantitative estimate of drug-likeness (QED) is 0.842. The van der Waals surface area contributed by atoms with Gasteiger partial charge in [0.1, 0.15) is 0 Å². The lowest BCUT2D eigenvalue weighted by Crippen LogP contribution is -2.44. The van der Waals surface area contributed by atoms with Crippen LogP contribution in [0.25, 0.3) is 0 Å². The van der Waals surface area contributed by atoms with E-state index in [2.05, 4.69) is 0 Å². The minimum absolute atomic E-state index is 0.0801. The molecule has 1 fully saturated rings. The van der Waals surface area contributed by atoms with Gasteiger partial charge in [0.05, 0.1) is 6.04 Å². The zero-order valence-corrected chi connectivity index (χ0v) is 13.3. The summed E-state index contributed by atoms with van der Waals surface area (Å²) in [7, 11) is 0. The predicted octanol–water partition coefficient (Wildman–Crippen LogP) is 2.91. The summed E-state index contributed by atoms with van der Waals surface area (Å²) in [5.41, 5.74) is 7.13. The first-order chi connectivity index (χ1) is 9.61. The standard InChI is InChI=1S/C15H21ClN2OS/c1-20-9-8-14(17)15(19)18(13-6-7-13)10-11-2-4-12(16)5-3-11/h2-5,13-14H,6-10,17H2,1H3/t14-/m1/s1. The molecule has 0 bridgehead atoms. The van der Waals surface area contributed by atoms with Crippen LogP contribution in [0.2, 0.25) is 5.02 Å². The molecule has 5 heteroatoms. The van der Waals surface area contributed by atoms with Crippen LogP contribution in [0.1, 0.15) is 24.8 Å². The number of nitrogens with zero attached hydrogens (tertiary/aromatic N) is 1. The van der Waals surface area contributed by atoms with Gasteiger partial charge < -0.3 is 10.6 Å². The number of nitrogens with two attached hydrogens (primary N) is 1. The van der Waals surface area contributed by atoms with Gasteiger partial charge in [-0.2, -0.15) is 11.8 Å². The molecule has 2 N–H and O–H groups in total. The minimum Gasteiger partial charge on any atom is -0.334 e. The maximum absolute atomic E-state index is 12.5. The van der Waals surface area contributed by atoms with Crippen LogP contribution in [0.4, 0.5) is 0 Å². The Balaban J connectivity index is 1.99. The first kappa shape index (κ1) is 15.7. The summed E-state index contributed by atoms with van der Waals surface area (Å²) in [4.78, 5) is 14.4. The normalized spacial score (nSPS) is 15.9. The molecular weight excluding hydrogens is 292 g/mol. The third-order valence-electron chi connectivity index (χ3n) is 3.49. The van der Waals surface area contributed by atoms with Gasteiger partial charge in [-0.25, -0.2) is 0 Å². The van der Waals surface area contributed by atoms with Crippen LogP contribution in [-0.2, 0) is 11.3 Å². The summed E-state index contributed by atoms with van der Waals surface area (Å²) < 4.78 is 0. The molecule has 0 aliphatic heterocycles. The number of halogens is 1. The molecular formula is C15H21ClN2OS. The van der Waals surface area contributed by atoms with Crippen LogP contribution >= 0.6 is 23.4 Å². The van der Waals surface area contributed by atoms with Crippen molar-refractivity contribution in [1.82, 2.24) is 4.90 Å². The lowest BCUT2D eigenvalue weighted by atomic mass is 10.1. The largest absolute Gasteiger partial charge is 0.334 e. The van der Waals surface area contributed by atoms with E-state index >= 15 is 0 Å². The first-order valence-electron chi connectivity index (χ1n) is 6.91. The van der Waals surface area contributed by atoms with Crippen LogP contribution in [-0.4, -0.2) is 34.9 Å². The van der Waals surface area contributed by atoms with Gasteiger partial charge in [0, 0.05) is 17.6 Å². The SMILES string of the molecule is CSCC[C@@H](N)C(=O)N(Cc1ccc(Cl)cc1)C1CC1. The monoisotopic (exact) mass is 312 g/mol. The number of carbonyl (C=O) groups is 1. The Labute approximate surface area is 129 Å². The molecule has 1 aliphatic rings. The molecule has 0 radical (unpaired) electrons. The van der Waals surface area contributed by atoms with E-state index in [4.69, 9.17) is 17.3 Å². The second-order valence-electron chi connectivity index (χ2n) is 5.21. The molecule has 1 amide bonds. The second-order valence-corrected chi connectivity index (χ2v) is 6.63. The smallest absolute Gasteiger partial charge is 0.240 e. The highest BCUT2D eigenvalue weighted by Gasteiger charge is 2.34. The Morgan fingerprint density at radius 2 is 2.10 bits per heavy atom. The Kier molecular flexibility index (Phi) is 5.75. The maximum atomic E-state index is 12.5. The third kappa shape index (κ3) is 4.40. The van der Waals surface area contributed by atoms with Crippen LogP contribution in [0.3, 0.4) is 0 Å². The fourth-order valence-electron chi connectivity index (χ4n) is 2.14. The lowest BCUT2D eigenvalue weighted by molar-refractivity contribution is -0.133. The molecule has 3 nitrogen and oxygen atoms in total. The van der Waals surface area contributed by atoms with Crippen molar-refractivity contribution >= 4 is 29.3 Å². The summed E-state index contributed by atoms with van der Waals surface area (Å²) in [5, 5.41) is 0.717. The molecule has 1 saturated carbocycles. The number of hydrogen-bond acceptors (Lipinski definition) is 3. The van der Waals surface area contributed by atoms with E-state index in [9.17, 15) is 4.79 Å². The molecule has 110 valence electrons. The number of amides is 1. The Hall–Kier alpha value is -0.710. The number of hydrogen-bond donors (Lipinski definition) is 1. The second kappa shape index (κ2) is 7.34. The van der Waals surface area contributed by atoms with Gasteiger partial charge in [0.25, 0.3) is 0 Å². The Bertz CT molecular complexity index is 448. The van der Waals surface area contributed by atoms with Crippen molar-refractivity contribution in [3.05, 3.63) is 34.9 Å². The molecule has 0 spiro atoms. The van der Waals surface area contributed by atoms with Gasteiger partial charge in [-0.1, -0.05) is 23.7 Å². The minimum atomic E-state index is -0.379. The Morgan fingerprint density at radius 1 is 1.45 bits per heavy atom. The van der Waals surface area contributed by atoms with E-state index in [0.717, 1.165) is 35.6 Å². The van der Waals surface area contributed by atoms with Gasteiger partial charge in [-0.3, -0.25) is 4.79 Å². The van der Waals surface area contributed by atoms with Crippen molar-refractivity contribution in [3.8, 4) is 0 Å². The van der Waals surface area contributed by atoms with Gasteiger partial charge in [-0.15, -0.1) is 0 Å². The fraction of sp³-hybridized carbons (Fsp3) is 0.533. The topological polar surface area (TPSA) is 46.3 Å². The Morgan fingerprint density at radius 3 is 2.65 bits per heavy atom. The molecule has 0 heterocycles. The van der Waals surface area contributed by atoms with Crippen LogP contribution in [0, 0.1) is 0 Å². The number of thioether (sulfide) groups is 1. The van der Waals surface area contributed by atoms with E-state index < -0.39 is 0 Å². The zero-order valence-electron chi connectivity index (χ0n) is 11.7. The van der Waals surface area contributed by atoms with Crippen molar-refractivity contribution in [2.24, 2.45) is 5.73 Å². The summed E-state index contributed by atoms with van der Waals surface area (Å²) in [6.45, 7) is 0.633. The summed E-state index contributed by atoms with van der Waals surface area (Å²) in [6.07, 6.45) is 4.95. The maximum Gasteiger partial charge on any atom is 0.240 e. The highest BCUT2D eigenvalue weighted by molar-refractivity contribution is 7.98. The van der Waals surface area contributed by atoms with E-state index in [1.807, 2.05) is 35.4 Å². The first-order valence-corrected chi connectivity index (χ1v) is 8.68. The average Bonchev–Trinajstić information content (AvgIpc) is 3.28. The van der Waals surface area contributed by atoms with Crippen LogP contribution in [0.5, 0.6) is 0 Å². The van der Waals surface area contributed by atoms with Gasteiger partial charge in [-0.05, 0) is 49.0 Å². The number of carbonyl (C=O) groups excluding carboxylic acids is 1. The van der Waals surface area contributed by atoms with Crippen molar-refractivity contribution in [2.75, 3.05) is 12.0 Å². The number of benzene rings is 1.